The van der Waals surface area contributed by atoms with E-state index in [0.29, 0.717) is 11.4 Å². The molecule has 0 fully saturated rings. The molecule has 0 saturated heterocycles. The van der Waals surface area contributed by atoms with E-state index in [1.54, 1.807) is 6.07 Å². The third kappa shape index (κ3) is 4.30. The summed E-state index contributed by atoms with van der Waals surface area (Å²) in [5, 5.41) is 4.15. The second kappa shape index (κ2) is 7.88. The maximum Gasteiger partial charge on any atom is 0.258 e. The summed E-state index contributed by atoms with van der Waals surface area (Å²) in [6.07, 6.45) is 2.88. The summed E-state index contributed by atoms with van der Waals surface area (Å²) in [5.74, 6) is 0.737. The van der Waals surface area contributed by atoms with Gasteiger partial charge in [0.15, 0.2) is 0 Å². The first kappa shape index (κ1) is 16.4. The number of aryl methyl sites for hydroxylation is 1. The van der Waals surface area contributed by atoms with Gasteiger partial charge in [0, 0.05) is 19.0 Å². The molecule has 2 N–H and O–H groups in total. The Bertz CT molecular complexity index is 842. The molecule has 0 aliphatic heterocycles. The molecule has 0 radical (unpaired) electrons. The lowest BCUT2D eigenvalue weighted by molar-refractivity contribution is 0.514. The van der Waals surface area contributed by atoms with Gasteiger partial charge in [0.05, 0.1) is 10.9 Å². The molecule has 0 saturated carbocycles. The van der Waals surface area contributed by atoms with Crippen LogP contribution in [0.4, 0.5) is 0 Å². The zero-order chi connectivity index (χ0) is 16.8. The standard InChI is InChI=1S/C20H23N3O/c1-15(11-12-16-7-3-2-4-8-16)21-14-13-19-22-18-10-6-5-9-17(18)20(24)23-19/h2-10,15,21H,11-14H2,1H3,(H,22,23,24)/t15-/m0/s1. The number of hydrogen-bond acceptors (Lipinski definition) is 3. The van der Waals surface area contributed by atoms with E-state index in [-0.39, 0.29) is 5.56 Å². The number of aromatic nitrogens is 2. The van der Waals surface area contributed by atoms with Gasteiger partial charge in [-0.05, 0) is 37.5 Å². The zero-order valence-corrected chi connectivity index (χ0v) is 14.0. The third-order valence-corrected chi connectivity index (χ3v) is 4.23. The number of H-pyrrole nitrogens is 1. The Morgan fingerprint density at radius 3 is 2.62 bits per heavy atom. The van der Waals surface area contributed by atoms with E-state index in [2.05, 4.69) is 46.5 Å². The van der Waals surface area contributed by atoms with Crippen molar-refractivity contribution >= 4 is 10.9 Å². The van der Waals surface area contributed by atoms with Gasteiger partial charge < -0.3 is 10.3 Å². The van der Waals surface area contributed by atoms with Gasteiger partial charge in [-0.15, -0.1) is 0 Å². The first-order chi connectivity index (χ1) is 11.7. The predicted octanol–water partition coefficient (Wildman–Crippen LogP) is 3.08. The van der Waals surface area contributed by atoms with Gasteiger partial charge in [-0.25, -0.2) is 4.98 Å². The number of para-hydroxylation sites is 1. The van der Waals surface area contributed by atoms with Crippen molar-refractivity contribution in [2.24, 2.45) is 0 Å². The number of nitrogens with zero attached hydrogens (tertiary/aromatic N) is 1. The van der Waals surface area contributed by atoms with E-state index in [9.17, 15) is 4.79 Å². The van der Waals surface area contributed by atoms with E-state index in [1.165, 1.54) is 5.56 Å². The lowest BCUT2D eigenvalue weighted by Crippen LogP contribution is -2.29. The van der Waals surface area contributed by atoms with E-state index in [1.807, 2.05) is 24.3 Å². The molecule has 1 atom stereocenters. The van der Waals surface area contributed by atoms with Gasteiger partial charge in [-0.3, -0.25) is 4.79 Å². The fourth-order valence-electron chi connectivity index (χ4n) is 2.82. The van der Waals surface area contributed by atoms with Crippen LogP contribution in [0.15, 0.2) is 59.4 Å². The van der Waals surface area contributed by atoms with Crippen molar-refractivity contribution in [1.29, 1.82) is 0 Å². The van der Waals surface area contributed by atoms with Gasteiger partial charge in [0.2, 0.25) is 0 Å². The lowest BCUT2D eigenvalue weighted by Gasteiger charge is -2.13. The highest BCUT2D eigenvalue weighted by Crippen LogP contribution is 2.06. The highest BCUT2D eigenvalue weighted by molar-refractivity contribution is 5.77. The van der Waals surface area contributed by atoms with E-state index in [4.69, 9.17) is 0 Å². The highest BCUT2D eigenvalue weighted by atomic mass is 16.1. The van der Waals surface area contributed by atoms with Crippen LogP contribution in [0.2, 0.25) is 0 Å². The molecule has 124 valence electrons. The van der Waals surface area contributed by atoms with Gasteiger partial charge in [-0.1, -0.05) is 42.5 Å². The van der Waals surface area contributed by atoms with Crippen molar-refractivity contribution in [3.05, 3.63) is 76.3 Å². The number of nitrogens with one attached hydrogen (secondary N) is 2. The van der Waals surface area contributed by atoms with E-state index >= 15 is 0 Å². The van der Waals surface area contributed by atoms with Crippen molar-refractivity contribution in [2.45, 2.75) is 32.2 Å². The molecule has 0 aliphatic rings. The summed E-state index contributed by atoms with van der Waals surface area (Å²) in [4.78, 5) is 19.4. The molecule has 3 aromatic rings. The van der Waals surface area contributed by atoms with Crippen molar-refractivity contribution in [2.75, 3.05) is 6.54 Å². The number of rotatable bonds is 7. The van der Waals surface area contributed by atoms with E-state index in [0.717, 1.165) is 37.1 Å². The molecule has 1 heterocycles. The molecule has 1 aromatic heterocycles. The number of aromatic amines is 1. The van der Waals surface area contributed by atoms with Crippen molar-refractivity contribution in [1.82, 2.24) is 15.3 Å². The Balaban J connectivity index is 1.50. The predicted molar refractivity (Wildman–Crippen MR) is 98.3 cm³/mol. The Hall–Kier alpha value is -2.46. The van der Waals surface area contributed by atoms with Crippen molar-refractivity contribution in [3.8, 4) is 0 Å². The lowest BCUT2D eigenvalue weighted by atomic mass is 10.1. The average molecular weight is 321 g/mol. The number of hydrogen-bond donors (Lipinski definition) is 2. The van der Waals surface area contributed by atoms with Crippen LogP contribution in [0.1, 0.15) is 24.7 Å². The van der Waals surface area contributed by atoms with Crippen LogP contribution in [-0.4, -0.2) is 22.6 Å². The maximum absolute atomic E-state index is 12.0. The van der Waals surface area contributed by atoms with Crippen LogP contribution >= 0.6 is 0 Å². The van der Waals surface area contributed by atoms with Crippen molar-refractivity contribution < 1.29 is 0 Å². The van der Waals surface area contributed by atoms with Gasteiger partial charge in [0.25, 0.3) is 5.56 Å². The molecular formula is C20H23N3O. The second-order valence-electron chi connectivity index (χ2n) is 6.16. The highest BCUT2D eigenvalue weighted by Gasteiger charge is 2.05. The molecule has 0 amide bonds. The molecule has 0 bridgehead atoms. The summed E-state index contributed by atoms with van der Waals surface area (Å²) < 4.78 is 0. The maximum atomic E-state index is 12.0. The molecule has 0 unspecified atom stereocenters. The zero-order valence-electron chi connectivity index (χ0n) is 14.0. The van der Waals surface area contributed by atoms with Crippen LogP contribution in [-0.2, 0) is 12.8 Å². The number of fused-ring (bicyclic) bond motifs is 1. The molecule has 2 aromatic carbocycles. The molecule has 0 aliphatic carbocycles. The van der Waals surface area contributed by atoms with Crippen LogP contribution in [0, 0.1) is 0 Å². The molecule has 3 rings (SSSR count). The summed E-state index contributed by atoms with van der Waals surface area (Å²) in [5.41, 5.74) is 2.06. The Morgan fingerprint density at radius 1 is 1.04 bits per heavy atom. The summed E-state index contributed by atoms with van der Waals surface area (Å²) in [7, 11) is 0. The minimum Gasteiger partial charge on any atom is -0.314 e. The number of benzene rings is 2. The Morgan fingerprint density at radius 2 is 1.79 bits per heavy atom. The quantitative estimate of drug-likeness (QED) is 0.703. The third-order valence-electron chi connectivity index (χ3n) is 4.23. The van der Waals surface area contributed by atoms with E-state index < -0.39 is 0 Å². The minimum absolute atomic E-state index is 0.0623. The summed E-state index contributed by atoms with van der Waals surface area (Å²) in [6.45, 7) is 3.00. The summed E-state index contributed by atoms with van der Waals surface area (Å²) in [6, 6.07) is 18.4. The van der Waals surface area contributed by atoms with Crippen LogP contribution in [0.5, 0.6) is 0 Å². The smallest absolute Gasteiger partial charge is 0.258 e. The Labute approximate surface area is 142 Å². The second-order valence-corrected chi connectivity index (χ2v) is 6.16. The SMILES string of the molecule is C[C@@H](CCc1ccccc1)NCCc1nc2ccccc2c(=O)[nH]1. The molecule has 24 heavy (non-hydrogen) atoms. The monoisotopic (exact) mass is 321 g/mol. The summed E-state index contributed by atoms with van der Waals surface area (Å²) >= 11 is 0. The largest absolute Gasteiger partial charge is 0.314 e. The van der Waals surface area contributed by atoms with Gasteiger partial charge in [0.1, 0.15) is 5.82 Å². The topological polar surface area (TPSA) is 57.8 Å². The fraction of sp³-hybridized carbons (Fsp3) is 0.300. The normalized spacial score (nSPS) is 12.4. The molecular weight excluding hydrogens is 298 g/mol. The van der Waals surface area contributed by atoms with Gasteiger partial charge >= 0.3 is 0 Å². The molecule has 0 spiro atoms. The Kier molecular flexibility index (Phi) is 5.39. The van der Waals surface area contributed by atoms with Crippen LogP contribution in [0.25, 0.3) is 10.9 Å². The first-order valence-electron chi connectivity index (χ1n) is 8.47. The molecule has 4 nitrogen and oxygen atoms in total. The fourth-order valence-corrected chi connectivity index (χ4v) is 2.82. The first-order valence-corrected chi connectivity index (χ1v) is 8.47. The van der Waals surface area contributed by atoms with Crippen LogP contribution < -0.4 is 10.9 Å². The van der Waals surface area contributed by atoms with Gasteiger partial charge in [-0.2, -0.15) is 0 Å². The van der Waals surface area contributed by atoms with Crippen molar-refractivity contribution in [3.63, 3.8) is 0 Å². The van der Waals surface area contributed by atoms with Crippen LogP contribution in [0.3, 0.4) is 0 Å². The average Bonchev–Trinajstić information content (AvgIpc) is 2.61. The minimum atomic E-state index is -0.0623. The molecule has 4 heteroatoms.